The molecule has 0 radical (unpaired) electrons. The summed E-state index contributed by atoms with van der Waals surface area (Å²) in [4.78, 5) is 30.1. The summed E-state index contributed by atoms with van der Waals surface area (Å²) < 4.78 is 35.6. The normalized spacial score (nSPS) is 12.2. The van der Waals surface area contributed by atoms with Gasteiger partial charge in [0.2, 0.25) is 11.8 Å². The van der Waals surface area contributed by atoms with Crippen LogP contribution in [0.4, 0.5) is 5.69 Å². The molecule has 242 valence electrons. The van der Waals surface area contributed by atoms with Crippen LogP contribution in [0.15, 0.2) is 112 Å². The van der Waals surface area contributed by atoms with E-state index < -0.39 is 34.1 Å². The molecule has 0 aliphatic heterocycles. The van der Waals surface area contributed by atoms with Gasteiger partial charge in [-0.2, -0.15) is 0 Å². The highest BCUT2D eigenvalue weighted by molar-refractivity contribution is 9.10. The van der Waals surface area contributed by atoms with Crippen LogP contribution in [0.5, 0.6) is 5.75 Å². The zero-order valence-electron chi connectivity index (χ0n) is 26.7. The Kier molecular flexibility index (Phi) is 11.3. The summed E-state index contributed by atoms with van der Waals surface area (Å²) in [5, 5.41) is 3.04. The van der Waals surface area contributed by atoms with Crippen molar-refractivity contribution < 1.29 is 22.7 Å². The number of amides is 2. The van der Waals surface area contributed by atoms with Crippen LogP contribution in [0.2, 0.25) is 0 Å². The number of sulfonamides is 1. The monoisotopic (exact) mass is 705 g/mol. The molecule has 4 aromatic carbocycles. The largest absolute Gasteiger partial charge is 0.497 e. The van der Waals surface area contributed by atoms with Gasteiger partial charge in [0.25, 0.3) is 10.0 Å². The molecule has 0 unspecified atom stereocenters. The Bertz CT molecular complexity index is 1740. The van der Waals surface area contributed by atoms with Crippen molar-refractivity contribution in [2.24, 2.45) is 0 Å². The van der Waals surface area contributed by atoms with Crippen LogP contribution >= 0.6 is 15.9 Å². The summed E-state index contributed by atoms with van der Waals surface area (Å²) in [6.45, 7) is 7.02. The number of halogens is 1. The van der Waals surface area contributed by atoms with Gasteiger partial charge in [-0.3, -0.25) is 13.9 Å². The fourth-order valence-corrected chi connectivity index (χ4v) is 6.63. The molecule has 4 rings (SSSR count). The van der Waals surface area contributed by atoms with Crippen molar-refractivity contribution in [2.75, 3.05) is 18.0 Å². The molecule has 0 saturated heterocycles. The standard InChI is InChI=1S/C36H40BrN3O5S/c1-26-14-20-32(21-15-26)46(43,44)40(30-18-16-29(37)17-19-30)25-34(41)39(24-28-12-9-13-31(22-28)45-5)33(35(42)38-36(2,3)4)23-27-10-7-6-8-11-27/h6-22,33H,23-25H2,1-5H3,(H,38,42)/t33-/m0/s1. The molecule has 0 bridgehead atoms. The quantitative estimate of drug-likeness (QED) is 0.181. The van der Waals surface area contributed by atoms with Gasteiger partial charge in [-0.25, -0.2) is 8.42 Å². The summed E-state index contributed by atoms with van der Waals surface area (Å²) in [6, 6.07) is 29.0. The van der Waals surface area contributed by atoms with Gasteiger partial charge in [0, 0.05) is 23.0 Å². The first-order valence-electron chi connectivity index (χ1n) is 14.9. The van der Waals surface area contributed by atoms with Crippen molar-refractivity contribution >= 4 is 43.5 Å². The second kappa shape index (κ2) is 15.0. The molecular weight excluding hydrogens is 666 g/mol. The van der Waals surface area contributed by atoms with Crippen LogP contribution in [0, 0.1) is 6.92 Å². The zero-order valence-corrected chi connectivity index (χ0v) is 29.1. The van der Waals surface area contributed by atoms with Crippen molar-refractivity contribution in [3.63, 3.8) is 0 Å². The van der Waals surface area contributed by atoms with Gasteiger partial charge in [-0.15, -0.1) is 0 Å². The van der Waals surface area contributed by atoms with Crippen molar-refractivity contribution in [3.05, 3.63) is 124 Å². The van der Waals surface area contributed by atoms with Crippen LogP contribution in [0.1, 0.15) is 37.5 Å². The molecule has 0 heterocycles. The summed E-state index contributed by atoms with van der Waals surface area (Å²) >= 11 is 3.41. The fraction of sp³-hybridized carbons (Fsp3) is 0.278. The Morgan fingerprint density at radius 1 is 0.870 bits per heavy atom. The predicted octanol–water partition coefficient (Wildman–Crippen LogP) is 6.52. The van der Waals surface area contributed by atoms with Crippen LogP contribution in [0.25, 0.3) is 0 Å². The first-order valence-corrected chi connectivity index (χ1v) is 17.1. The number of hydrogen-bond donors (Lipinski definition) is 1. The predicted molar refractivity (Wildman–Crippen MR) is 185 cm³/mol. The number of anilines is 1. The smallest absolute Gasteiger partial charge is 0.264 e. The summed E-state index contributed by atoms with van der Waals surface area (Å²) in [7, 11) is -2.62. The number of benzene rings is 4. The number of nitrogens with zero attached hydrogens (tertiary/aromatic N) is 2. The maximum absolute atomic E-state index is 14.6. The highest BCUT2D eigenvalue weighted by Gasteiger charge is 2.35. The lowest BCUT2D eigenvalue weighted by molar-refractivity contribution is -0.140. The van der Waals surface area contributed by atoms with Gasteiger partial charge in [0.15, 0.2) is 0 Å². The van der Waals surface area contributed by atoms with E-state index in [2.05, 4.69) is 21.2 Å². The Morgan fingerprint density at radius 2 is 1.50 bits per heavy atom. The van der Waals surface area contributed by atoms with Gasteiger partial charge in [-0.05, 0) is 87.4 Å². The Hall–Kier alpha value is -4.15. The minimum atomic E-state index is -4.18. The highest BCUT2D eigenvalue weighted by Crippen LogP contribution is 2.27. The van der Waals surface area contributed by atoms with Crippen LogP contribution in [-0.4, -0.2) is 50.4 Å². The maximum Gasteiger partial charge on any atom is 0.264 e. The molecular formula is C36H40BrN3O5S. The number of carbonyl (C=O) groups excluding carboxylic acids is 2. The fourth-order valence-electron chi connectivity index (χ4n) is 4.95. The van der Waals surface area contributed by atoms with Crippen LogP contribution in [0.3, 0.4) is 0 Å². The SMILES string of the molecule is COc1cccc(CN(C(=O)CN(c2ccc(Br)cc2)S(=O)(=O)c2ccc(C)cc2)[C@@H](Cc2ccccc2)C(=O)NC(C)(C)C)c1. The van der Waals surface area contributed by atoms with Crippen LogP contribution < -0.4 is 14.4 Å². The minimum Gasteiger partial charge on any atom is -0.497 e. The molecule has 8 nitrogen and oxygen atoms in total. The van der Waals surface area contributed by atoms with Crippen molar-refractivity contribution in [3.8, 4) is 5.75 Å². The Balaban J connectivity index is 1.82. The first kappa shape index (κ1) is 34.7. The molecule has 4 aromatic rings. The molecule has 0 saturated carbocycles. The van der Waals surface area contributed by atoms with E-state index in [0.29, 0.717) is 11.4 Å². The molecule has 0 spiro atoms. The maximum atomic E-state index is 14.6. The second-order valence-corrected chi connectivity index (χ2v) is 14.9. The van der Waals surface area contributed by atoms with E-state index in [1.165, 1.54) is 17.0 Å². The number of aryl methyl sites for hydroxylation is 1. The van der Waals surface area contributed by atoms with Gasteiger partial charge >= 0.3 is 0 Å². The number of nitrogens with one attached hydrogen (secondary N) is 1. The molecule has 46 heavy (non-hydrogen) atoms. The zero-order chi connectivity index (χ0) is 33.5. The van der Waals surface area contributed by atoms with Gasteiger partial charge in [-0.1, -0.05) is 76.1 Å². The highest BCUT2D eigenvalue weighted by atomic mass is 79.9. The van der Waals surface area contributed by atoms with E-state index in [1.807, 2.05) is 70.2 Å². The third-order valence-electron chi connectivity index (χ3n) is 7.26. The lowest BCUT2D eigenvalue weighted by Gasteiger charge is -2.35. The van der Waals surface area contributed by atoms with E-state index >= 15 is 0 Å². The van der Waals surface area contributed by atoms with E-state index in [0.717, 1.165) is 25.5 Å². The molecule has 0 aromatic heterocycles. The Morgan fingerprint density at radius 3 is 2.11 bits per heavy atom. The topological polar surface area (TPSA) is 96.0 Å². The number of rotatable bonds is 12. The molecule has 2 amide bonds. The van der Waals surface area contributed by atoms with E-state index in [-0.39, 0.29) is 23.8 Å². The third kappa shape index (κ3) is 9.20. The molecule has 10 heteroatoms. The lowest BCUT2D eigenvalue weighted by Crippen LogP contribution is -2.56. The first-order chi connectivity index (χ1) is 21.8. The number of carbonyl (C=O) groups is 2. The number of ether oxygens (including phenoxy) is 1. The second-order valence-electron chi connectivity index (χ2n) is 12.1. The summed E-state index contributed by atoms with van der Waals surface area (Å²) in [5.41, 5.74) is 2.23. The molecule has 0 aliphatic carbocycles. The van der Waals surface area contributed by atoms with Crippen molar-refractivity contribution in [1.82, 2.24) is 10.2 Å². The number of methoxy groups -OCH3 is 1. The average molecular weight is 707 g/mol. The molecule has 0 fully saturated rings. The van der Waals surface area contributed by atoms with Crippen molar-refractivity contribution in [2.45, 2.75) is 57.1 Å². The van der Waals surface area contributed by atoms with Gasteiger partial charge < -0.3 is 15.0 Å². The lowest BCUT2D eigenvalue weighted by atomic mass is 10.0. The van der Waals surface area contributed by atoms with Gasteiger partial charge in [0.1, 0.15) is 18.3 Å². The number of hydrogen-bond acceptors (Lipinski definition) is 5. The van der Waals surface area contributed by atoms with Crippen LogP contribution in [-0.2, 0) is 32.6 Å². The summed E-state index contributed by atoms with van der Waals surface area (Å²) in [6.07, 6.45) is 0.224. The molecule has 1 atom stereocenters. The van der Waals surface area contributed by atoms with E-state index in [1.54, 1.807) is 55.6 Å². The molecule has 0 aliphatic rings. The van der Waals surface area contributed by atoms with E-state index in [9.17, 15) is 18.0 Å². The average Bonchev–Trinajstić information content (AvgIpc) is 3.02. The van der Waals surface area contributed by atoms with E-state index in [4.69, 9.17) is 4.74 Å². The minimum absolute atomic E-state index is 0.0455. The molecule has 1 N–H and O–H groups in total. The Labute approximate surface area is 280 Å². The van der Waals surface area contributed by atoms with Crippen molar-refractivity contribution in [1.29, 1.82) is 0 Å². The summed E-state index contributed by atoms with van der Waals surface area (Å²) in [5.74, 6) is -0.280. The van der Waals surface area contributed by atoms with Gasteiger partial charge in [0.05, 0.1) is 17.7 Å². The third-order valence-corrected chi connectivity index (χ3v) is 9.58.